The number of hydrogen-bond acceptors (Lipinski definition) is 5. The Kier molecular flexibility index (Phi) is 10.9. The Bertz CT molecular complexity index is 1180. The molecule has 0 radical (unpaired) electrons. The van der Waals surface area contributed by atoms with E-state index in [2.05, 4.69) is 5.32 Å². The number of carbonyl (C=O) groups excluding carboxylic acids is 2. The molecule has 0 aliphatic carbocycles. The van der Waals surface area contributed by atoms with Crippen molar-refractivity contribution in [2.75, 3.05) is 24.2 Å². The number of carbonyl (C=O) groups is 2. The molecule has 0 unspecified atom stereocenters. The number of hydrogen-bond donors (Lipinski definition) is 1. The van der Waals surface area contributed by atoms with E-state index in [9.17, 15) is 18.0 Å². The molecule has 8 nitrogen and oxygen atoms in total. The van der Waals surface area contributed by atoms with Crippen molar-refractivity contribution < 1.29 is 22.7 Å². The number of nitrogens with zero attached hydrogens (tertiary/aromatic N) is 2. The highest BCUT2D eigenvalue weighted by molar-refractivity contribution is 7.92. The van der Waals surface area contributed by atoms with Crippen molar-refractivity contribution in [1.29, 1.82) is 0 Å². The van der Waals surface area contributed by atoms with Crippen LogP contribution < -0.4 is 14.4 Å². The van der Waals surface area contributed by atoms with Crippen LogP contribution in [0.2, 0.25) is 10.0 Å². The summed E-state index contributed by atoms with van der Waals surface area (Å²) in [5.74, 6) is -0.277. The van der Waals surface area contributed by atoms with E-state index in [0.29, 0.717) is 12.2 Å². The van der Waals surface area contributed by atoms with Gasteiger partial charge in [-0.25, -0.2) is 8.42 Å². The molecular weight excluding hydrogens is 525 g/mol. The van der Waals surface area contributed by atoms with Gasteiger partial charge in [0.15, 0.2) is 0 Å². The molecule has 11 heteroatoms. The van der Waals surface area contributed by atoms with Gasteiger partial charge >= 0.3 is 0 Å². The quantitative estimate of drug-likeness (QED) is 0.414. The minimum Gasteiger partial charge on any atom is -0.497 e. The predicted molar refractivity (Wildman–Crippen MR) is 144 cm³/mol. The van der Waals surface area contributed by atoms with Gasteiger partial charge in [0.25, 0.3) is 0 Å². The fourth-order valence-corrected chi connectivity index (χ4v) is 4.89. The van der Waals surface area contributed by atoms with Crippen molar-refractivity contribution in [2.45, 2.75) is 52.2 Å². The molecule has 0 saturated carbocycles. The third-order valence-electron chi connectivity index (χ3n) is 5.73. The monoisotopic (exact) mass is 557 g/mol. The topological polar surface area (TPSA) is 96.0 Å². The molecule has 0 aromatic heterocycles. The van der Waals surface area contributed by atoms with E-state index in [1.54, 1.807) is 25.1 Å². The Hall–Kier alpha value is -2.49. The molecule has 2 atom stereocenters. The molecule has 2 aromatic rings. The minimum absolute atomic E-state index is 0.0728. The highest BCUT2D eigenvalue weighted by Gasteiger charge is 2.32. The molecular formula is C25H33Cl2N3O5S. The lowest BCUT2D eigenvalue weighted by Gasteiger charge is -2.33. The number of rotatable bonds is 12. The standard InChI is InChI=1S/C25H33Cl2N3O5S/c1-6-17(3)28-25(32)22(7-2)29(15-18-9-8-10-20(13-18)35-4)24(31)16-30(36(5,33)34)23-14-19(26)11-12-21(23)27/h8-14,17,22H,6-7,15-16H2,1-5H3,(H,28,32)/t17-,22+/m1/s1. The Morgan fingerprint density at radius 2 is 1.78 bits per heavy atom. The lowest BCUT2D eigenvalue weighted by Crippen LogP contribution is -2.53. The summed E-state index contributed by atoms with van der Waals surface area (Å²) in [5, 5.41) is 3.32. The Balaban J connectivity index is 2.50. The van der Waals surface area contributed by atoms with Gasteiger partial charge in [-0.05, 0) is 55.7 Å². The fraction of sp³-hybridized carbons (Fsp3) is 0.440. The van der Waals surface area contributed by atoms with Gasteiger partial charge in [-0.15, -0.1) is 0 Å². The second-order valence-electron chi connectivity index (χ2n) is 8.48. The molecule has 0 bridgehead atoms. The van der Waals surface area contributed by atoms with E-state index in [4.69, 9.17) is 27.9 Å². The zero-order valence-electron chi connectivity index (χ0n) is 21.1. The van der Waals surface area contributed by atoms with E-state index >= 15 is 0 Å². The van der Waals surface area contributed by atoms with Crippen LogP contribution >= 0.6 is 23.2 Å². The zero-order chi connectivity index (χ0) is 27.0. The molecule has 198 valence electrons. The Morgan fingerprint density at radius 1 is 1.08 bits per heavy atom. The minimum atomic E-state index is -3.92. The average molecular weight is 559 g/mol. The van der Waals surface area contributed by atoms with Gasteiger partial charge in [-0.3, -0.25) is 13.9 Å². The average Bonchev–Trinajstić information content (AvgIpc) is 2.83. The molecule has 36 heavy (non-hydrogen) atoms. The van der Waals surface area contributed by atoms with Crippen LogP contribution in [0.5, 0.6) is 5.75 Å². The first-order chi connectivity index (χ1) is 16.9. The summed E-state index contributed by atoms with van der Waals surface area (Å²) in [6.45, 7) is 5.14. The van der Waals surface area contributed by atoms with Crippen molar-refractivity contribution in [2.24, 2.45) is 0 Å². The van der Waals surface area contributed by atoms with Crippen LogP contribution in [0.25, 0.3) is 0 Å². The molecule has 0 aliphatic rings. The van der Waals surface area contributed by atoms with Crippen LogP contribution in [0.3, 0.4) is 0 Å². The predicted octanol–water partition coefficient (Wildman–Crippen LogP) is 4.49. The van der Waals surface area contributed by atoms with E-state index < -0.39 is 28.5 Å². The first kappa shape index (κ1) is 29.7. The maximum atomic E-state index is 13.7. The first-order valence-corrected chi connectivity index (χ1v) is 14.2. The normalized spacial score (nSPS) is 13.0. The van der Waals surface area contributed by atoms with Crippen LogP contribution in [0.4, 0.5) is 5.69 Å². The van der Waals surface area contributed by atoms with Crippen LogP contribution in [0.1, 0.15) is 39.2 Å². The lowest BCUT2D eigenvalue weighted by molar-refractivity contribution is -0.140. The molecule has 0 saturated heterocycles. The molecule has 2 aromatic carbocycles. The SMILES string of the molecule is CC[C@@H](C)NC(=O)[C@H](CC)N(Cc1cccc(OC)c1)C(=O)CN(c1cc(Cl)ccc1Cl)S(C)(=O)=O. The van der Waals surface area contributed by atoms with Gasteiger partial charge in [0.2, 0.25) is 21.8 Å². The summed E-state index contributed by atoms with van der Waals surface area (Å²) >= 11 is 12.4. The summed E-state index contributed by atoms with van der Waals surface area (Å²) in [5.41, 5.74) is 0.808. The number of anilines is 1. The van der Waals surface area contributed by atoms with Crippen LogP contribution in [-0.4, -0.2) is 57.1 Å². The van der Waals surface area contributed by atoms with E-state index in [-0.39, 0.29) is 34.2 Å². The van der Waals surface area contributed by atoms with Crippen molar-refractivity contribution in [1.82, 2.24) is 10.2 Å². The van der Waals surface area contributed by atoms with Gasteiger partial charge in [0.05, 0.1) is 24.1 Å². The maximum Gasteiger partial charge on any atom is 0.244 e. The fourth-order valence-electron chi connectivity index (χ4n) is 3.60. The van der Waals surface area contributed by atoms with Crippen molar-refractivity contribution in [3.63, 3.8) is 0 Å². The first-order valence-electron chi connectivity index (χ1n) is 11.6. The lowest BCUT2D eigenvalue weighted by atomic mass is 10.1. The summed E-state index contributed by atoms with van der Waals surface area (Å²) in [6.07, 6.45) is 2.03. The van der Waals surface area contributed by atoms with Gasteiger partial charge in [0.1, 0.15) is 18.3 Å². The Morgan fingerprint density at radius 3 is 2.36 bits per heavy atom. The van der Waals surface area contributed by atoms with Gasteiger partial charge in [-0.1, -0.05) is 49.2 Å². The van der Waals surface area contributed by atoms with Gasteiger partial charge in [-0.2, -0.15) is 0 Å². The van der Waals surface area contributed by atoms with Gasteiger partial charge < -0.3 is 15.0 Å². The molecule has 2 rings (SSSR count). The largest absolute Gasteiger partial charge is 0.497 e. The summed E-state index contributed by atoms with van der Waals surface area (Å²) in [4.78, 5) is 28.3. The van der Waals surface area contributed by atoms with E-state index in [0.717, 1.165) is 22.5 Å². The van der Waals surface area contributed by atoms with Crippen LogP contribution in [-0.2, 0) is 26.2 Å². The number of benzene rings is 2. The van der Waals surface area contributed by atoms with E-state index in [1.807, 2.05) is 19.9 Å². The third kappa shape index (κ3) is 8.01. The summed E-state index contributed by atoms with van der Waals surface area (Å²) in [7, 11) is -2.39. The number of methoxy groups -OCH3 is 1. The van der Waals surface area contributed by atoms with Crippen molar-refractivity contribution in [3.8, 4) is 5.75 Å². The molecule has 2 amide bonds. The molecule has 0 heterocycles. The zero-order valence-corrected chi connectivity index (χ0v) is 23.5. The number of sulfonamides is 1. The molecule has 0 fully saturated rings. The van der Waals surface area contributed by atoms with Crippen molar-refractivity contribution >= 4 is 50.7 Å². The van der Waals surface area contributed by atoms with Crippen LogP contribution in [0.15, 0.2) is 42.5 Å². The smallest absolute Gasteiger partial charge is 0.244 e. The summed E-state index contributed by atoms with van der Waals surface area (Å²) in [6, 6.07) is 10.6. The summed E-state index contributed by atoms with van der Waals surface area (Å²) < 4.78 is 31.6. The number of ether oxygens (including phenoxy) is 1. The molecule has 1 N–H and O–H groups in total. The highest BCUT2D eigenvalue weighted by atomic mass is 35.5. The second kappa shape index (κ2) is 13.2. The van der Waals surface area contributed by atoms with Crippen LogP contribution in [0, 0.1) is 0 Å². The van der Waals surface area contributed by atoms with Crippen molar-refractivity contribution in [3.05, 3.63) is 58.1 Å². The van der Waals surface area contributed by atoms with E-state index in [1.165, 1.54) is 30.2 Å². The maximum absolute atomic E-state index is 13.7. The molecule has 0 spiro atoms. The third-order valence-corrected chi connectivity index (χ3v) is 7.41. The van der Waals surface area contributed by atoms with Gasteiger partial charge in [0, 0.05) is 17.6 Å². The Labute approximate surface area is 223 Å². The number of amides is 2. The second-order valence-corrected chi connectivity index (χ2v) is 11.2. The number of nitrogens with one attached hydrogen (secondary N) is 1. The number of halogens is 2. The molecule has 0 aliphatic heterocycles. The highest BCUT2D eigenvalue weighted by Crippen LogP contribution is 2.31.